The van der Waals surface area contributed by atoms with Gasteiger partial charge in [-0.1, -0.05) is 0 Å². The number of nitrogens with zero attached hydrogens (tertiary/aromatic N) is 2. The molecule has 0 radical (unpaired) electrons. The third-order valence-electron chi connectivity index (χ3n) is 4.03. The van der Waals surface area contributed by atoms with Gasteiger partial charge >= 0.3 is 12.1 Å². The lowest BCUT2D eigenvalue weighted by atomic mass is 9.96. The van der Waals surface area contributed by atoms with Crippen molar-refractivity contribution in [3.8, 4) is 0 Å². The van der Waals surface area contributed by atoms with Gasteiger partial charge in [-0.15, -0.1) is 0 Å². The lowest BCUT2D eigenvalue weighted by Crippen LogP contribution is -2.41. The fraction of sp³-hybridized carbons (Fsp3) is 0.882. The molecule has 0 atom stereocenters. The number of amides is 1. The van der Waals surface area contributed by atoms with E-state index in [4.69, 9.17) is 4.74 Å². The Labute approximate surface area is 140 Å². The van der Waals surface area contributed by atoms with Gasteiger partial charge in [-0.3, -0.25) is 4.79 Å². The molecule has 6 nitrogen and oxygen atoms in total. The molecular formula is C17H32N2O4. The smallest absolute Gasteiger partial charge is 0.410 e. The van der Waals surface area contributed by atoms with E-state index in [1.165, 1.54) is 7.11 Å². The van der Waals surface area contributed by atoms with E-state index in [1.807, 2.05) is 20.8 Å². The summed E-state index contributed by atoms with van der Waals surface area (Å²) in [5.41, 5.74) is -0.450. The van der Waals surface area contributed by atoms with Gasteiger partial charge in [0.25, 0.3) is 0 Å². The molecule has 1 saturated heterocycles. The van der Waals surface area contributed by atoms with Crippen LogP contribution in [-0.2, 0) is 14.3 Å². The maximum atomic E-state index is 12.0. The van der Waals surface area contributed by atoms with Crippen LogP contribution < -0.4 is 0 Å². The first-order valence-electron chi connectivity index (χ1n) is 8.44. The largest absolute Gasteiger partial charge is 0.469 e. The van der Waals surface area contributed by atoms with Crippen molar-refractivity contribution in [2.24, 2.45) is 5.92 Å². The maximum absolute atomic E-state index is 12.0. The fourth-order valence-electron chi connectivity index (χ4n) is 2.74. The topological polar surface area (TPSA) is 59.1 Å². The first-order valence-corrected chi connectivity index (χ1v) is 8.44. The van der Waals surface area contributed by atoms with Crippen LogP contribution in [-0.4, -0.2) is 67.8 Å². The molecule has 0 bridgehead atoms. The van der Waals surface area contributed by atoms with Gasteiger partial charge in [0.1, 0.15) is 5.60 Å². The molecule has 1 rings (SSSR count). The van der Waals surface area contributed by atoms with Crippen LogP contribution >= 0.6 is 0 Å². The van der Waals surface area contributed by atoms with Crippen LogP contribution in [0.5, 0.6) is 0 Å². The summed E-state index contributed by atoms with van der Waals surface area (Å²) in [6, 6.07) is 0. The van der Waals surface area contributed by atoms with Crippen LogP contribution in [0.4, 0.5) is 4.79 Å². The Kier molecular flexibility index (Phi) is 7.82. The van der Waals surface area contributed by atoms with Crippen LogP contribution in [0.2, 0.25) is 0 Å². The van der Waals surface area contributed by atoms with E-state index in [2.05, 4.69) is 9.64 Å². The number of hydrogen-bond acceptors (Lipinski definition) is 5. The Bertz CT molecular complexity index is 385. The molecule has 134 valence electrons. The highest BCUT2D eigenvalue weighted by molar-refractivity contribution is 5.69. The highest BCUT2D eigenvalue weighted by Crippen LogP contribution is 2.19. The second-order valence-electron chi connectivity index (χ2n) is 7.33. The molecule has 1 heterocycles. The highest BCUT2D eigenvalue weighted by Gasteiger charge is 2.24. The fourth-order valence-corrected chi connectivity index (χ4v) is 2.74. The van der Waals surface area contributed by atoms with Crippen LogP contribution in [0.15, 0.2) is 0 Å². The van der Waals surface area contributed by atoms with Crippen molar-refractivity contribution in [3.05, 3.63) is 0 Å². The number of ether oxygens (including phenoxy) is 2. The monoisotopic (exact) mass is 328 g/mol. The molecule has 0 N–H and O–H groups in total. The lowest BCUT2D eigenvalue weighted by Gasteiger charge is -2.34. The van der Waals surface area contributed by atoms with E-state index in [0.29, 0.717) is 12.3 Å². The van der Waals surface area contributed by atoms with Crippen molar-refractivity contribution in [3.63, 3.8) is 0 Å². The number of likely N-dealkylation sites (tertiary alicyclic amines) is 1. The number of methoxy groups -OCH3 is 1. The number of carbonyl (C=O) groups excluding carboxylic acids is 2. The van der Waals surface area contributed by atoms with E-state index in [0.717, 1.165) is 45.4 Å². The Hall–Kier alpha value is -1.30. The Balaban J connectivity index is 2.23. The van der Waals surface area contributed by atoms with Gasteiger partial charge in [0, 0.05) is 20.0 Å². The standard InChI is InChI=1S/C17H32N2O4/c1-17(2,3)23-16(21)18(4)13-14-8-11-19(12-9-14)10-6-7-15(20)22-5/h14H,6-13H2,1-5H3. The average Bonchev–Trinajstić information content (AvgIpc) is 2.47. The Morgan fingerprint density at radius 3 is 2.35 bits per heavy atom. The molecule has 1 fully saturated rings. The van der Waals surface area contributed by atoms with E-state index in [-0.39, 0.29) is 12.1 Å². The zero-order valence-corrected chi connectivity index (χ0v) is 15.3. The molecule has 0 aliphatic carbocycles. The van der Waals surface area contributed by atoms with E-state index < -0.39 is 5.60 Å². The molecule has 0 saturated carbocycles. The number of rotatable bonds is 6. The molecule has 0 aromatic heterocycles. The Morgan fingerprint density at radius 2 is 1.83 bits per heavy atom. The minimum absolute atomic E-state index is 0.140. The van der Waals surface area contributed by atoms with Gasteiger partial charge in [-0.05, 0) is 65.6 Å². The molecular weight excluding hydrogens is 296 g/mol. The van der Waals surface area contributed by atoms with E-state index in [1.54, 1.807) is 11.9 Å². The summed E-state index contributed by atoms with van der Waals surface area (Å²) in [6.45, 7) is 9.36. The molecule has 0 aromatic carbocycles. The molecule has 0 aromatic rings. The summed E-state index contributed by atoms with van der Waals surface area (Å²) in [4.78, 5) is 27.1. The van der Waals surface area contributed by atoms with Gasteiger partial charge in [-0.25, -0.2) is 4.79 Å². The summed E-state index contributed by atoms with van der Waals surface area (Å²) in [5.74, 6) is 0.378. The van der Waals surface area contributed by atoms with Crippen molar-refractivity contribution < 1.29 is 19.1 Å². The molecule has 1 amide bonds. The third-order valence-corrected chi connectivity index (χ3v) is 4.03. The first-order chi connectivity index (χ1) is 10.7. The molecule has 0 spiro atoms. The molecule has 6 heteroatoms. The summed E-state index contributed by atoms with van der Waals surface area (Å²) < 4.78 is 10.0. The van der Waals surface area contributed by atoms with Crippen LogP contribution in [0.1, 0.15) is 46.5 Å². The minimum atomic E-state index is -0.450. The zero-order valence-electron chi connectivity index (χ0n) is 15.3. The molecule has 1 aliphatic rings. The number of esters is 1. The highest BCUT2D eigenvalue weighted by atomic mass is 16.6. The second-order valence-corrected chi connectivity index (χ2v) is 7.33. The van der Waals surface area contributed by atoms with Gasteiger partial charge in [0.05, 0.1) is 7.11 Å². The van der Waals surface area contributed by atoms with E-state index in [9.17, 15) is 9.59 Å². The van der Waals surface area contributed by atoms with E-state index >= 15 is 0 Å². The normalized spacial score (nSPS) is 16.9. The van der Waals surface area contributed by atoms with Crippen molar-refractivity contribution in [1.82, 2.24) is 9.80 Å². The molecule has 23 heavy (non-hydrogen) atoms. The van der Waals surface area contributed by atoms with Gasteiger partial charge < -0.3 is 19.3 Å². The number of hydrogen-bond donors (Lipinski definition) is 0. The summed E-state index contributed by atoms with van der Waals surface area (Å²) >= 11 is 0. The first kappa shape index (κ1) is 19.7. The third kappa shape index (κ3) is 8.21. The summed E-state index contributed by atoms with van der Waals surface area (Å²) in [5, 5.41) is 0. The molecule has 0 unspecified atom stereocenters. The summed E-state index contributed by atoms with van der Waals surface area (Å²) in [6.07, 6.45) is 3.22. The molecule has 1 aliphatic heterocycles. The second kappa shape index (κ2) is 9.11. The predicted octanol–water partition coefficient (Wildman–Crippen LogP) is 2.52. The lowest BCUT2D eigenvalue weighted by molar-refractivity contribution is -0.140. The van der Waals surface area contributed by atoms with Gasteiger partial charge in [-0.2, -0.15) is 0 Å². The van der Waals surface area contributed by atoms with Crippen molar-refractivity contribution >= 4 is 12.1 Å². The predicted molar refractivity (Wildman–Crippen MR) is 89.3 cm³/mol. The van der Waals surface area contributed by atoms with Crippen LogP contribution in [0, 0.1) is 5.92 Å². The van der Waals surface area contributed by atoms with Gasteiger partial charge in [0.2, 0.25) is 0 Å². The quantitative estimate of drug-likeness (QED) is 0.701. The zero-order chi connectivity index (χ0) is 17.5. The van der Waals surface area contributed by atoms with Crippen LogP contribution in [0.25, 0.3) is 0 Å². The minimum Gasteiger partial charge on any atom is -0.469 e. The SMILES string of the molecule is COC(=O)CCCN1CCC(CN(C)C(=O)OC(C)(C)C)CC1. The van der Waals surface area contributed by atoms with Crippen molar-refractivity contribution in [2.75, 3.05) is 40.3 Å². The van der Waals surface area contributed by atoms with Crippen molar-refractivity contribution in [2.45, 2.75) is 52.1 Å². The Morgan fingerprint density at radius 1 is 1.22 bits per heavy atom. The number of carbonyl (C=O) groups is 2. The van der Waals surface area contributed by atoms with Crippen molar-refractivity contribution in [1.29, 1.82) is 0 Å². The van der Waals surface area contributed by atoms with Gasteiger partial charge in [0.15, 0.2) is 0 Å². The average molecular weight is 328 g/mol. The summed E-state index contributed by atoms with van der Waals surface area (Å²) in [7, 11) is 3.23. The number of piperidine rings is 1. The van der Waals surface area contributed by atoms with Crippen LogP contribution in [0.3, 0.4) is 0 Å². The maximum Gasteiger partial charge on any atom is 0.410 e.